The number of nitrogens with zero attached hydrogens (tertiary/aromatic N) is 1. The Morgan fingerprint density at radius 1 is 1.30 bits per heavy atom. The fourth-order valence-corrected chi connectivity index (χ4v) is 4.69. The van der Waals surface area contributed by atoms with Crippen molar-refractivity contribution in [3.63, 3.8) is 0 Å². The highest BCUT2D eigenvalue weighted by Crippen LogP contribution is 2.34. The quantitative estimate of drug-likeness (QED) is 0.926. The number of sulfonamides is 1. The van der Waals surface area contributed by atoms with Crippen LogP contribution in [0.5, 0.6) is 0 Å². The molecule has 5 nitrogen and oxygen atoms in total. The van der Waals surface area contributed by atoms with E-state index >= 15 is 0 Å². The molecule has 0 saturated carbocycles. The summed E-state index contributed by atoms with van der Waals surface area (Å²) >= 11 is 0. The summed E-state index contributed by atoms with van der Waals surface area (Å²) in [5.41, 5.74) is -0.731. The SMILES string of the molecule is Cc1ccccc1S(=O)(=O)N1CCCCC1(C)C(=O)O. The van der Waals surface area contributed by atoms with Gasteiger partial charge in [-0.15, -0.1) is 0 Å². The summed E-state index contributed by atoms with van der Waals surface area (Å²) in [4.78, 5) is 11.7. The third kappa shape index (κ3) is 2.33. The highest BCUT2D eigenvalue weighted by molar-refractivity contribution is 7.89. The summed E-state index contributed by atoms with van der Waals surface area (Å²) in [6.45, 7) is 3.46. The Kier molecular flexibility index (Phi) is 3.88. The summed E-state index contributed by atoms with van der Waals surface area (Å²) in [5, 5.41) is 9.44. The normalized spacial score (nSPS) is 24.5. The van der Waals surface area contributed by atoms with Crippen LogP contribution in [-0.4, -0.2) is 35.9 Å². The van der Waals surface area contributed by atoms with Gasteiger partial charge in [-0.2, -0.15) is 4.31 Å². The Labute approximate surface area is 119 Å². The highest BCUT2D eigenvalue weighted by Gasteiger charge is 2.48. The topological polar surface area (TPSA) is 74.7 Å². The molecular formula is C14H19NO4S. The molecule has 0 aromatic heterocycles. The molecule has 1 aliphatic rings. The fraction of sp³-hybridized carbons (Fsp3) is 0.500. The van der Waals surface area contributed by atoms with Gasteiger partial charge in [0.2, 0.25) is 10.0 Å². The molecule has 1 N–H and O–H groups in total. The number of aryl methyl sites for hydroxylation is 1. The van der Waals surface area contributed by atoms with Gasteiger partial charge in [-0.25, -0.2) is 8.42 Å². The molecule has 20 heavy (non-hydrogen) atoms. The zero-order valence-electron chi connectivity index (χ0n) is 11.7. The molecule has 110 valence electrons. The molecule has 1 heterocycles. The van der Waals surface area contributed by atoms with E-state index in [2.05, 4.69) is 0 Å². The molecule has 0 spiro atoms. The number of hydrogen-bond acceptors (Lipinski definition) is 3. The molecule has 0 bridgehead atoms. The second-order valence-corrected chi connectivity index (χ2v) is 7.21. The van der Waals surface area contributed by atoms with E-state index in [-0.39, 0.29) is 11.4 Å². The zero-order chi connectivity index (χ0) is 15.0. The summed E-state index contributed by atoms with van der Waals surface area (Å²) in [7, 11) is -3.79. The molecule has 1 aromatic rings. The lowest BCUT2D eigenvalue weighted by atomic mass is 9.91. The Hall–Kier alpha value is -1.40. The lowest BCUT2D eigenvalue weighted by Gasteiger charge is -2.40. The standard InChI is InChI=1S/C14H19NO4S/c1-11-7-3-4-8-12(11)20(18,19)15-10-6-5-9-14(15,2)13(16)17/h3-4,7-8H,5-6,9-10H2,1-2H3,(H,16,17). The third-order valence-electron chi connectivity index (χ3n) is 3.95. The molecule has 0 aliphatic carbocycles. The Morgan fingerprint density at radius 2 is 1.95 bits per heavy atom. The van der Waals surface area contributed by atoms with E-state index in [1.54, 1.807) is 25.1 Å². The number of hydrogen-bond donors (Lipinski definition) is 1. The number of benzene rings is 1. The first-order valence-electron chi connectivity index (χ1n) is 6.62. The van der Waals surface area contributed by atoms with Gasteiger partial charge in [0, 0.05) is 6.54 Å². The van der Waals surface area contributed by atoms with Crippen molar-refractivity contribution in [1.29, 1.82) is 0 Å². The second-order valence-electron chi connectivity index (χ2n) is 5.38. The highest BCUT2D eigenvalue weighted by atomic mass is 32.2. The van der Waals surface area contributed by atoms with Crippen molar-refractivity contribution in [1.82, 2.24) is 4.31 Å². The molecule has 1 aromatic carbocycles. The molecule has 2 rings (SSSR count). The number of carboxylic acid groups (broad SMARTS) is 1. The van der Waals surface area contributed by atoms with Gasteiger partial charge in [0.1, 0.15) is 5.54 Å². The molecule has 0 radical (unpaired) electrons. The van der Waals surface area contributed by atoms with Crippen LogP contribution in [0.1, 0.15) is 31.7 Å². The minimum atomic E-state index is -3.79. The first-order valence-corrected chi connectivity index (χ1v) is 8.06. The van der Waals surface area contributed by atoms with Crippen LogP contribution in [0, 0.1) is 6.92 Å². The molecule has 1 fully saturated rings. The van der Waals surface area contributed by atoms with Crippen LogP contribution in [0.25, 0.3) is 0 Å². The third-order valence-corrected chi connectivity index (χ3v) is 6.13. The molecule has 1 unspecified atom stereocenters. The summed E-state index contributed by atoms with van der Waals surface area (Å²) < 4.78 is 26.7. The van der Waals surface area contributed by atoms with Crippen molar-refractivity contribution in [2.24, 2.45) is 0 Å². The fourth-order valence-electron chi connectivity index (χ4n) is 2.66. The summed E-state index contributed by atoms with van der Waals surface area (Å²) in [5.74, 6) is -1.09. The number of aliphatic carboxylic acids is 1. The Morgan fingerprint density at radius 3 is 2.55 bits per heavy atom. The largest absolute Gasteiger partial charge is 0.480 e. The predicted molar refractivity (Wildman–Crippen MR) is 75.0 cm³/mol. The summed E-state index contributed by atoms with van der Waals surface area (Å²) in [6.07, 6.45) is 1.75. The van der Waals surface area contributed by atoms with Gasteiger partial charge in [-0.05, 0) is 44.7 Å². The van der Waals surface area contributed by atoms with Crippen molar-refractivity contribution in [2.75, 3.05) is 6.54 Å². The van der Waals surface area contributed by atoms with Crippen LogP contribution >= 0.6 is 0 Å². The molecular weight excluding hydrogens is 278 g/mol. The van der Waals surface area contributed by atoms with Gasteiger partial charge in [-0.3, -0.25) is 4.79 Å². The maximum absolute atomic E-state index is 12.8. The predicted octanol–water partition coefficient (Wildman–Crippen LogP) is 2.01. The summed E-state index contributed by atoms with van der Waals surface area (Å²) in [6, 6.07) is 6.67. The van der Waals surface area contributed by atoms with Crippen LogP contribution in [-0.2, 0) is 14.8 Å². The van der Waals surface area contributed by atoms with E-state index in [1.165, 1.54) is 13.0 Å². The zero-order valence-corrected chi connectivity index (χ0v) is 12.5. The Balaban J connectivity index is 2.53. The maximum Gasteiger partial charge on any atom is 0.324 e. The minimum absolute atomic E-state index is 0.189. The monoisotopic (exact) mass is 297 g/mol. The number of rotatable bonds is 3. The molecule has 1 saturated heterocycles. The van der Waals surface area contributed by atoms with Crippen molar-refractivity contribution in [3.8, 4) is 0 Å². The van der Waals surface area contributed by atoms with Gasteiger partial charge in [0.15, 0.2) is 0 Å². The smallest absolute Gasteiger partial charge is 0.324 e. The number of piperidine rings is 1. The van der Waals surface area contributed by atoms with Crippen LogP contribution in [0.2, 0.25) is 0 Å². The average molecular weight is 297 g/mol. The maximum atomic E-state index is 12.8. The van der Waals surface area contributed by atoms with Gasteiger partial charge in [0.05, 0.1) is 4.90 Å². The molecule has 1 atom stereocenters. The lowest BCUT2D eigenvalue weighted by Crippen LogP contribution is -2.57. The van der Waals surface area contributed by atoms with Crippen molar-refractivity contribution >= 4 is 16.0 Å². The Bertz CT molecular complexity index is 626. The second kappa shape index (κ2) is 5.18. The first kappa shape index (κ1) is 15.0. The molecule has 0 amide bonds. The molecule has 1 aliphatic heterocycles. The first-order chi connectivity index (χ1) is 9.30. The van der Waals surface area contributed by atoms with E-state index in [9.17, 15) is 18.3 Å². The van der Waals surface area contributed by atoms with Crippen LogP contribution in [0.15, 0.2) is 29.2 Å². The van der Waals surface area contributed by atoms with E-state index < -0.39 is 21.5 Å². The van der Waals surface area contributed by atoms with E-state index in [4.69, 9.17) is 0 Å². The molecule has 6 heteroatoms. The van der Waals surface area contributed by atoms with Gasteiger partial charge < -0.3 is 5.11 Å². The van der Waals surface area contributed by atoms with E-state index in [0.717, 1.165) is 10.7 Å². The van der Waals surface area contributed by atoms with Gasteiger partial charge >= 0.3 is 5.97 Å². The van der Waals surface area contributed by atoms with Crippen molar-refractivity contribution in [3.05, 3.63) is 29.8 Å². The van der Waals surface area contributed by atoms with Crippen LogP contribution in [0.4, 0.5) is 0 Å². The van der Waals surface area contributed by atoms with Crippen LogP contribution in [0.3, 0.4) is 0 Å². The van der Waals surface area contributed by atoms with E-state index in [1.807, 2.05) is 0 Å². The van der Waals surface area contributed by atoms with Gasteiger partial charge in [-0.1, -0.05) is 18.2 Å². The lowest BCUT2D eigenvalue weighted by molar-refractivity contribution is -0.149. The van der Waals surface area contributed by atoms with Crippen molar-refractivity contribution in [2.45, 2.75) is 43.5 Å². The van der Waals surface area contributed by atoms with Crippen molar-refractivity contribution < 1.29 is 18.3 Å². The van der Waals surface area contributed by atoms with Gasteiger partial charge in [0.25, 0.3) is 0 Å². The van der Waals surface area contributed by atoms with E-state index in [0.29, 0.717) is 18.4 Å². The number of carbonyl (C=O) groups is 1. The average Bonchev–Trinajstić information content (AvgIpc) is 2.39. The number of carboxylic acids is 1. The minimum Gasteiger partial charge on any atom is -0.480 e. The van der Waals surface area contributed by atoms with Crippen LogP contribution < -0.4 is 0 Å².